The van der Waals surface area contributed by atoms with Gasteiger partial charge in [0.1, 0.15) is 0 Å². The van der Waals surface area contributed by atoms with Gasteiger partial charge in [-0.2, -0.15) is 0 Å². The van der Waals surface area contributed by atoms with Crippen LogP contribution in [-0.2, 0) is 21.7 Å². The molecule has 0 unspecified atom stereocenters. The average Bonchev–Trinajstić information content (AvgIpc) is 3.42. The van der Waals surface area contributed by atoms with Crippen molar-refractivity contribution in [1.29, 1.82) is 0 Å². The SMILES string of the molecule is CC(C)(C)c1ccc2c(c1)B(CCCB1c3cc(C(C)(C)C)ccc3-c3ccc(C(C)(C)C)cc31)c1cc(C(C)(C)C)ccc1-2. The fraction of sp³-hybridized carbons (Fsp3) is 0.442. The Hall–Kier alpha value is -2.99. The summed E-state index contributed by atoms with van der Waals surface area (Å²) in [5.41, 5.74) is 18.3. The summed E-state index contributed by atoms with van der Waals surface area (Å²) in [5, 5.41) is 0. The van der Waals surface area contributed by atoms with Crippen LogP contribution in [0.25, 0.3) is 22.3 Å². The summed E-state index contributed by atoms with van der Waals surface area (Å²) in [5.74, 6) is 0. The minimum Gasteiger partial charge on any atom is -0.0662 e. The van der Waals surface area contributed by atoms with Crippen molar-refractivity contribution in [3.05, 3.63) is 95.1 Å². The Kier molecular flexibility index (Phi) is 7.66. The van der Waals surface area contributed by atoms with Crippen molar-refractivity contribution >= 4 is 35.3 Å². The van der Waals surface area contributed by atoms with Gasteiger partial charge in [-0.05, 0) is 66.2 Å². The Morgan fingerprint density at radius 2 is 0.578 bits per heavy atom. The first kappa shape index (κ1) is 32.0. The quantitative estimate of drug-likeness (QED) is 0.207. The summed E-state index contributed by atoms with van der Waals surface area (Å²) in [6.07, 6.45) is 3.56. The van der Waals surface area contributed by atoms with Gasteiger partial charge in [0.2, 0.25) is 13.4 Å². The molecule has 4 aromatic carbocycles. The Morgan fingerprint density at radius 3 is 0.778 bits per heavy atom. The molecule has 0 atom stereocenters. The molecule has 0 saturated carbocycles. The average molecular weight is 593 g/mol. The minimum atomic E-state index is 0.137. The van der Waals surface area contributed by atoms with E-state index in [0.29, 0.717) is 13.4 Å². The number of hydrogen-bond donors (Lipinski definition) is 0. The number of benzene rings is 4. The van der Waals surface area contributed by atoms with Gasteiger partial charge < -0.3 is 0 Å². The third-order valence-corrected chi connectivity index (χ3v) is 10.7. The van der Waals surface area contributed by atoms with Crippen LogP contribution in [0, 0.1) is 0 Å². The van der Waals surface area contributed by atoms with Crippen LogP contribution in [0.1, 0.15) is 112 Å². The highest BCUT2D eigenvalue weighted by Gasteiger charge is 2.37. The Labute approximate surface area is 275 Å². The summed E-state index contributed by atoms with van der Waals surface area (Å²) < 4.78 is 0. The third kappa shape index (κ3) is 5.88. The lowest BCUT2D eigenvalue weighted by Crippen LogP contribution is -2.41. The smallest absolute Gasteiger partial charge is 0.0662 e. The summed E-state index contributed by atoms with van der Waals surface area (Å²) in [7, 11) is 0. The van der Waals surface area contributed by atoms with E-state index in [1.54, 1.807) is 21.9 Å². The van der Waals surface area contributed by atoms with E-state index in [0.717, 1.165) is 0 Å². The maximum atomic E-state index is 2.54. The van der Waals surface area contributed by atoms with Crippen LogP contribution in [-0.4, -0.2) is 13.4 Å². The molecule has 2 aliphatic rings. The zero-order chi connectivity index (χ0) is 32.7. The first-order chi connectivity index (χ1) is 20.8. The van der Waals surface area contributed by atoms with E-state index >= 15 is 0 Å². The predicted octanol–water partition coefficient (Wildman–Crippen LogP) is 9.15. The summed E-state index contributed by atoms with van der Waals surface area (Å²) in [4.78, 5) is 0. The highest BCUT2D eigenvalue weighted by Crippen LogP contribution is 2.34. The molecule has 0 amide bonds. The van der Waals surface area contributed by atoms with E-state index < -0.39 is 0 Å². The molecule has 2 aliphatic heterocycles. The van der Waals surface area contributed by atoms with Gasteiger partial charge in [-0.1, -0.05) is 197 Å². The molecule has 0 nitrogen and oxygen atoms in total. The largest absolute Gasteiger partial charge is 0.210 e. The first-order valence-electron chi connectivity index (χ1n) is 17.4. The standard InChI is InChI=1S/C43H54B2/c1-40(2,3)28-14-18-32-33-19-15-29(41(4,5)6)25-37(33)44(36(32)24-28)22-13-23-45-38-26-30(42(7,8)9)16-20-34(38)35-21-17-31(27-39(35)45)43(10,11)12/h14-21,24-27H,13,22-23H2,1-12H3. The lowest BCUT2D eigenvalue weighted by molar-refractivity contribution is 0.590. The molecule has 0 radical (unpaired) electrons. The van der Waals surface area contributed by atoms with Gasteiger partial charge in [-0.25, -0.2) is 0 Å². The van der Waals surface area contributed by atoms with Gasteiger partial charge in [0.15, 0.2) is 0 Å². The van der Waals surface area contributed by atoms with Crippen molar-refractivity contribution in [2.75, 3.05) is 0 Å². The summed E-state index contributed by atoms with van der Waals surface area (Å²) in [6, 6.07) is 29.3. The molecule has 0 bridgehead atoms. The van der Waals surface area contributed by atoms with Gasteiger partial charge in [-0.3, -0.25) is 0 Å². The van der Waals surface area contributed by atoms with Crippen molar-refractivity contribution in [3.63, 3.8) is 0 Å². The fourth-order valence-electron chi connectivity index (χ4n) is 7.73. The molecular formula is C43H54B2. The fourth-order valence-corrected chi connectivity index (χ4v) is 7.73. The monoisotopic (exact) mass is 592 g/mol. The summed E-state index contributed by atoms with van der Waals surface area (Å²) in [6.45, 7) is 29.0. The highest BCUT2D eigenvalue weighted by atomic mass is 14.3. The van der Waals surface area contributed by atoms with Gasteiger partial charge >= 0.3 is 0 Å². The topological polar surface area (TPSA) is 0 Å². The number of rotatable bonds is 4. The second-order valence-corrected chi connectivity index (χ2v) is 18.2. The zero-order valence-corrected chi connectivity index (χ0v) is 30.2. The Balaban J connectivity index is 1.38. The van der Waals surface area contributed by atoms with E-state index in [2.05, 4.69) is 156 Å². The van der Waals surface area contributed by atoms with Crippen molar-refractivity contribution in [2.24, 2.45) is 0 Å². The van der Waals surface area contributed by atoms with Gasteiger partial charge in [0.25, 0.3) is 0 Å². The van der Waals surface area contributed by atoms with Crippen molar-refractivity contribution in [1.82, 2.24) is 0 Å². The minimum absolute atomic E-state index is 0.137. The van der Waals surface area contributed by atoms with Gasteiger partial charge in [0.05, 0.1) is 0 Å². The van der Waals surface area contributed by atoms with Crippen molar-refractivity contribution in [2.45, 2.75) is 124 Å². The molecule has 0 aliphatic carbocycles. The van der Waals surface area contributed by atoms with Crippen LogP contribution in [0.2, 0.25) is 12.6 Å². The van der Waals surface area contributed by atoms with E-state index in [-0.39, 0.29) is 21.7 Å². The number of hydrogen-bond acceptors (Lipinski definition) is 0. The van der Waals surface area contributed by atoms with Crippen LogP contribution in [0.3, 0.4) is 0 Å². The van der Waals surface area contributed by atoms with Crippen LogP contribution < -0.4 is 21.9 Å². The second-order valence-electron chi connectivity index (χ2n) is 18.2. The molecule has 0 aromatic heterocycles. The van der Waals surface area contributed by atoms with Gasteiger partial charge in [-0.15, -0.1) is 0 Å². The van der Waals surface area contributed by atoms with Crippen molar-refractivity contribution < 1.29 is 0 Å². The van der Waals surface area contributed by atoms with Gasteiger partial charge in [0, 0.05) is 0 Å². The Bertz CT molecular complexity index is 1500. The molecule has 0 saturated heterocycles. The molecule has 0 spiro atoms. The van der Waals surface area contributed by atoms with Crippen LogP contribution in [0.4, 0.5) is 0 Å². The molecule has 232 valence electrons. The van der Waals surface area contributed by atoms with E-state index in [1.807, 2.05) is 0 Å². The lowest BCUT2D eigenvalue weighted by atomic mass is 9.36. The zero-order valence-electron chi connectivity index (χ0n) is 30.2. The lowest BCUT2D eigenvalue weighted by Gasteiger charge is -2.23. The maximum Gasteiger partial charge on any atom is 0.210 e. The molecular weight excluding hydrogens is 538 g/mol. The molecule has 45 heavy (non-hydrogen) atoms. The second kappa shape index (κ2) is 10.8. The molecule has 2 heterocycles. The van der Waals surface area contributed by atoms with Crippen LogP contribution in [0.5, 0.6) is 0 Å². The number of fused-ring (bicyclic) bond motifs is 6. The molecule has 0 N–H and O–H groups in total. The maximum absolute atomic E-state index is 2.54. The molecule has 0 fully saturated rings. The third-order valence-electron chi connectivity index (χ3n) is 10.7. The highest BCUT2D eigenvalue weighted by molar-refractivity contribution is 6.91. The van der Waals surface area contributed by atoms with Crippen molar-refractivity contribution in [3.8, 4) is 22.3 Å². The van der Waals surface area contributed by atoms with Crippen LogP contribution in [0.15, 0.2) is 72.8 Å². The summed E-state index contributed by atoms with van der Waals surface area (Å²) >= 11 is 0. The molecule has 6 rings (SSSR count). The van der Waals surface area contributed by atoms with E-state index in [9.17, 15) is 0 Å². The normalized spacial score (nSPS) is 14.4. The molecule has 2 heteroatoms. The predicted molar refractivity (Wildman–Crippen MR) is 203 cm³/mol. The van der Waals surface area contributed by atoms with Crippen LogP contribution >= 0.6 is 0 Å². The molecule has 4 aromatic rings. The van der Waals surface area contributed by atoms with E-state index in [1.165, 1.54) is 63.6 Å². The van der Waals surface area contributed by atoms with E-state index in [4.69, 9.17) is 0 Å². The Morgan fingerprint density at radius 1 is 0.356 bits per heavy atom. The first-order valence-corrected chi connectivity index (χ1v) is 17.4.